The Bertz CT molecular complexity index is 562. The van der Waals surface area contributed by atoms with Crippen LogP contribution in [0.25, 0.3) is 0 Å². The molecule has 4 rings (SSSR count). The fraction of sp³-hybridized carbons (Fsp3) is 0.750. The van der Waals surface area contributed by atoms with Crippen LogP contribution in [0.15, 0.2) is 0 Å². The van der Waals surface area contributed by atoms with Crippen molar-refractivity contribution in [3.05, 3.63) is 17.0 Å². The van der Waals surface area contributed by atoms with E-state index < -0.39 is 0 Å². The Morgan fingerprint density at radius 2 is 2.09 bits per heavy atom. The maximum absolute atomic E-state index is 12.7. The smallest absolute Gasteiger partial charge is 0.274 e. The molecule has 1 amide bonds. The zero-order chi connectivity index (χ0) is 15.6. The lowest BCUT2D eigenvalue weighted by Gasteiger charge is -2.30. The first-order chi connectivity index (χ1) is 11.3. The molecule has 7 nitrogen and oxygen atoms in total. The number of amides is 1. The van der Waals surface area contributed by atoms with Gasteiger partial charge in [-0.15, -0.1) is 0 Å². The summed E-state index contributed by atoms with van der Waals surface area (Å²) in [7, 11) is 0. The van der Waals surface area contributed by atoms with E-state index in [1.807, 2.05) is 4.90 Å². The van der Waals surface area contributed by atoms with Gasteiger partial charge in [-0.05, 0) is 12.3 Å². The molecule has 126 valence electrons. The van der Waals surface area contributed by atoms with Gasteiger partial charge >= 0.3 is 0 Å². The van der Waals surface area contributed by atoms with Crippen LogP contribution in [0, 0.1) is 5.92 Å². The second-order valence-corrected chi connectivity index (χ2v) is 6.65. The van der Waals surface area contributed by atoms with Gasteiger partial charge in [-0.25, -0.2) is 0 Å². The SMILES string of the molecule is O=C(c1n[nH]c2c1CN(C[C@@H]1CCOC1)CC2)N1CCOCC1. The molecule has 2 fully saturated rings. The number of aromatic nitrogens is 2. The van der Waals surface area contributed by atoms with Crippen molar-refractivity contribution in [2.45, 2.75) is 19.4 Å². The molecule has 0 radical (unpaired) electrons. The Morgan fingerprint density at radius 1 is 1.22 bits per heavy atom. The van der Waals surface area contributed by atoms with Crippen molar-refractivity contribution in [2.75, 3.05) is 52.6 Å². The molecule has 1 N–H and O–H groups in total. The number of morpholine rings is 1. The first kappa shape index (κ1) is 15.1. The molecule has 0 aromatic carbocycles. The van der Waals surface area contributed by atoms with E-state index in [4.69, 9.17) is 9.47 Å². The Labute approximate surface area is 135 Å². The maximum atomic E-state index is 12.7. The van der Waals surface area contributed by atoms with Gasteiger partial charge in [-0.1, -0.05) is 0 Å². The van der Waals surface area contributed by atoms with Crippen LogP contribution in [-0.2, 0) is 22.4 Å². The molecule has 0 unspecified atom stereocenters. The highest BCUT2D eigenvalue weighted by molar-refractivity contribution is 5.94. The number of nitrogens with one attached hydrogen (secondary N) is 1. The number of carbonyl (C=O) groups excluding carboxylic acids is 1. The minimum absolute atomic E-state index is 0.0387. The molecule has 3 aliphatic heterocycles. The van der Waals surface area contributed by atoms with Crippen molar-refractivity contribution >= 4 is 5.91 Å². The quantitative estimate of drug-likeness (QED) is 0.866. The predicted molar refractivity (Wildman–Crippen MR) is 83.2 cm³/mol. The van der Waals surface area contributed by atoms with Gasteiger partial charge in [0, 0.05) is 57.0 Å². The molecule has 1 aromatic heterocycles. The van der Waals surface area contributed by atoms with Crippen molar-refractivity contribution in [1.82, 2.24) is 20.0 Å². The highest BCUT2D eigenvalue weighted by Crippen LogP contribution is 2.24. The molecular weight excluding hydrogens is 296 g/mol. The molecule has 2 saturated heterocycles. The summed E-state index contributed by atoms with van der Waals surface area (Å²) in [6, 6.07) is 0. The Balaban J connectivity index is 1.46. The molecule has 0 spiro atoms. The summed E-state index contributed by atoms with van der Waals surface area (Å²) < 4.78 is 10.8. The van der Waals surface area contributed by atoms with Crippen LogP contribution in [0.3, 0.4) is 0 Å². The van der Waals surface area contributed by atoms with Crippen LogP contribution >= 0.6 is 0 Å². The number of H-pyrrole nitrogens is 1. The fourth-order valence-electron chi connectivity index (χ4n) is 3.69. The second-order valence-electron chi connectivity index (χ2n) is 6.65. The normalized spacial score (nSPS) is 25.6. The number of ether oxygens (including phenoxy) is 2. The summed E-state index contributed by atoms with van der Waals surface area (Å²) in [6.07, 6.45) is 2.08. The van der Waals surface area contributed by atoms with E-state index in [1.165, 1.54) is 0 Å². The van der Waals surface area contributed by atoms with Crippen molar-refractivity contribution in [3.63, 3.8) is 0 Å². The van der Waals surface area contributed by atoms with E-state index in [2.05, 4.69) is 15.1 Å². The maximum Gasteiger partial charge on any atom is 0.274 e. The zero-order valence-electron chi connectivity index (χ0n) is 13.4. The van der Waals surface area contributed by atoms with Crippen LogP contribution in [0.4, 0.5) is 0 Å². The fourth-order valence-corrected chi connectivity index (χ4v) is 3.69. The molecule has 0 bridgehead atoms. The van der Waals surface area contributed by atoms with E-state index in [0.717, 1.165) is 56.9 Å². The summed E-state index contributed by atoms with van der Waals surface area (Å²) in [5, 5.41) is 7.41. The molecule has 7 heteroatoms. The number of carbonyl (C=O) groups is 1. The highest BCUT2D eigenvalue weighted by Gasteiger charge is 2.30. The van der Waals surface area contributed by atoms with Crippen LogP contribution < -0.4 is 0 Å². The zero-order valence-corrected chi connectivity index (χ0v) is 13.4. The molecule has 23 heavy (non-hydrogen) atoms. The lowest BCUT2D eigenvalue weighted by atomic mass is 10.0. The molecule has 1 aromatic rings. The lowest BCUT2D eigenvalue weighted by molar-refractivity contribution is 0.0297. The minimum atomic E-state index is 0.0387. The molecule has 0 aliphatic carbocycles. The molecule has 0 saturated carbocycles. The lowest BCUT2D eigenvalue weighted by Crippen LogP contribution is -2.42. The average Bonchev–Trinajstić information content (AvgIpc) is 3.24. The van der Waals surface area contributed by atoms with Gasteiger partial charge < -0.3 is 14.4 Å². The Kier molecular flexibility index (Phi) is 4.33. The van der Waals surface area contributed by atoms with E-state index in [1.54, 1.807) is 0 Å². The van der Waals surface area contributed by atoms with Crippen molar-refractivity contribution in [3.8, 4) is 0 Å². The van der Waals surface area contributed by atoms with Crippen LogP contribution in [0.2, 0.25) is 0 Å². The molecule has 1 atom stereocenters. The first-order valence-electron chi connectivity index (χ1n) is 8.54. The number of fused-ring (bicyclic) bond motifs is 1. The Hall–Kier alpha value is -1.44. The predicted octanol–water partition coefficient (Wildman–Crippen LogP) is 0.277. The molecular formula is C16H24N4O3. The monoisotopic (exact) mass is 320 g/mol. The van der Waals surface area contributed by atoms with E-state index in [-0.39, 0.29) is 5.91 Å². The largest absolute Gasteiger partial charge is 0.381 e. The number of aromatic amines is 1. The van der Waals surface area contributed by atoms with Crippen molar-refractivity contribution in [2.24, 2.45) is 5.92 Å². The highest BCUT2D eigenvalue weighted by atomic mass is 16.5. The third kappa shape index (κ3) is 3.13. The number of hydrogen-bond donors (Lipinski definition) is 1. The summed E-state index contributed by atoms with van der Waals surface area (Å²) in [4.78, 5) is 17.0. The summed E-state index contributed by atoms with van der Waals surface area (Å²) >= 11 is 0. The van der Waals surface area contributed by atoms with Gasteiger partial charge in [0.15, 0.2) is 5.69 Å². The first-order valence-corrected chi connectivity index (χ1v) is 8.54. The number of hydrogen-bond acceptors (Lipinski definition) is 5. The summed E-state index contributed by atoms with van der Waals surface area (Å²) in [5.41, 5.74) is 2.82. The van der Waals surface area contributed by atoms with Crippen LogP contribution in [-0.4, -0.2) is 78.5 Å². The number of nitrogens with zero attached hydrogens (tertiary/aromatic N) is 3. The minimum Gasteiger partial charge on any atom is -0.381 e. The summed E-state index contributed by atoms with van der Waals surface area (Å²) in [5.74, 6) is 0.665. The third-order valence-corrected chi connectivity index (χ3v) is 5.05. The van der Waals surface area contributed by atoms with E-state index in [9.17, 15) is 4.79 Å². The Morgan fingerprint density at radius 3 is 2.87 bits per heavy atom. The van der Waals surface area contributed by atoms with Gasteiger partial charge in [-0.3, -0.25) is 14.8 Å². The van der Waals surface area contributed by atoms with Gasteiger partial charge in [0.2, 0.25) is 0 Å². The van der Waals surface area contributed by atoms with Crippen LogP contribution in [0.5, 0.6) is 0 Å². The third-order valence-electron chi connectivity index (χ3n) is 5.05. The topological polar surface area (TPSA) is 70.7 Å². The van der Waals surface area contributed by atoms with Crippen molar-refractivity contribution < 1.29 is 14.3 Å². The van der Waals surface area contributed by atoms with Crippen molar-refractivity contribution in [1.29, 1.82) is 0 Å². The average molecular weight is 320 g/mol. The summed E-state index contributed by atoms with van der Waals surface area (Å²) in [6.45, 7) is 7.19. The van der Waals surface area contributed by atoms with Gasteiger partial charge in [0.05, 0.1) is 19.8 Å². The standard InChI is InChI=1S/C16H24N4O3/c21-16(20-4-7-22-8-5-20)15-13-10-19(3-1-14(13)17-18-15)9-12-2-6-23-11-12/h12H,1-11H2,(H,17,18)/t12-/m0/s1. The second kappa shape index (κ2) is 6.59. The molecule has 3 aliphatic rings. The molecule has 4 heterocycles. The van der Waals surface area contributed by atoms with Gasteiger partial charge in [-0.2, -0.15) is 5.10 Å². The van der Waals surface area contributed by atoms with E-state index in [0.29, 0.717) is 37.9 Å². The van der Waals surface area contributed by atoms with Gasteiger partial charge in [0.25, 0.3) is 5.91 Å². The number of rotatable bonds is 3. The van der Waals surface area contributed by atoms with E-state index >= 15 is 0 Å². The van der Waals surface area contributed by atoms with Gasteiger partial charge in [0.1, 0.15) is 0 Å². The van der Waals surface area contributed by atoms with Crippen LogP contribution in [0.1, 0.15) is 28.2 Å².